The number of aryl methyl sites for hydroxylation is 1. The maximum Gasteiger partial charge on any atom is 0.126 e. The zero-order valence-electron chi connectivity index (χ0n) is 8.22. The van der Waals surface area contributed by atoms with Gasteiger partial charge in [-0.05, 0) is 6.42 Å². The minimum Gasteiger partial charge on any atom is -0.364 e. The molecule has 0 bridgehead atoms. The van der Waals surface area contributed by atoms with Crippen LogP contribution in [0, 0.1) is 0 Å². The molecule has 0 unspecified atom stereocenters. The third-order valence-electron chi connectivity index (χ3n) is 0.892. The highest BCUT2D eigenvalue weighted by Crippen LogP contribution is 1.94. The molecule has 1 aromatic rings. The summed E-state index contributed by atoms with van der Waals surface area (Å²) in [4.78, 5) is 0. The van der Waals surface area contributed by atoms with Gasteiger partial charge in [-0.3, -0.25) is 0 Å². The van der Waals surface area contributed by atoms with Crippen LogP contribution in [0.1, 0.15) is 40.2 Å². The van der Waals surface area contributed by atoms with Gasteiger partial charge in [-0.2, -0.15) is 0 Å². The van der Waals surface area contributed by atoms with Gasteiger partial charge in [0.2, 0.25) is 0 Å². The van der Waals surface area contributed by atoms with E-state index in [9.17, 15) is 0 Å². The van der Waals surface area contributed by atoms with Gasteiger partial charge < -0.3 is 4.52 Å². The highest BCUT2D eigenvalue weighted by atomic mass is 16.5. The molecule has 0 amide bonds. The summed E-state index contributed by atoms with van der Waals surface area (Å²) in [5.41, 5.74) is 1.15. The van der Waals surface area contributed by atoms with Gasteiger partial charge in [-0.25, -0.2) is 0 Å². The van der Waals surface area contributed by atoms with Gasteiger partial charge >= 0.3 is 0 Å². The molecular weight excluding hydrogens is 138 g/mol. The van der Waals surface area contributed by atoms with E-state index in [1.807, 2.05) is 27.7 Å². The first-order valence-corrected chi connectivity index (χ1v) is 4.31. The number of nitrogens with zero attached hydrogens (tertiary/aromatic N) is 1. The topological polar surface area (TPSA) is 26.0 Å². The lowest BCUT2D eigenvalue weighted by Gasteiger charge is -1.74. The molecule has 2 heteroatoms. The molecule has 11 heavy (non-hydrogen) atoms. The number of rotatable bonds is 1. The fourth-order valence-electron chi connectivity index (χ4n) is 0.401. The Bertz CT molecular complexity index is 124. The molecule has 0 N–H and O–H groups in total. The van der Waals surface area contributed by atoms with Crippen LogP contribution in [0.25, 0.3) is 0 Å². The normalized spacial score (nSPS) is 7.00. The summed E-state index contributed by atoms with van der Waals surface area (Å²) in [7, 11) is 0. The van der Waals surface area contributed by atoms with Crippen LogP contribution in [-0.2, 0) is 6.42 Å². The second-order valence-corrected chi connectivity index (χ2v) is 1.39. The van der Waals surface area contributed by atoms with Gasteiger partial charge in [-0.1, -0.05) is 39.8 Å². The third kappa shape index (κ3) is 7.10. The first-order chi connectivity index (χ1) is 5.43. The first kappa shape index (κ1) is 12.8. The van der Waals surface area contributed by atoms with Crippen molar-refractivity contribution in [3.05, 3.63) is 18.0 Å². The lowest BCUT2D eigenvalue weighted by molar-refractivity contribution is 0.419. The molecule has 0 aromatic carbocycles. The predicted octanol–water partition coefficient (Wildman–Crippen LogP) is 3.29. The van der Waals surface area contributed by atoms with E-state index in [1.165, 1.54) is 0 Å². The summed E-state index contributed by atoms with van der Waals surface area (Å²) in [6.07, 6.45) is 4.38. The minimum atomic E-state index is 1.00. The van der Waals surface area contributed by atoms with Crippen LogP contribution in [0.2, 0.25) is 0 Å². The van der Waals surface area contributed by atoms with Gasteiger partial charge in [0.25, 0.3) is 0 Å². The summed E-state index contributed by atoms with van der Waals surface area (Å²) in [6.45, 7) is 10.1. The van der Waals surface area contributed by atoms with Crippen molar-refractivity contribution in [3.63, 3.8) is 0 Å². The lowest BCUT2D eigenvalue weighted by Crippen LogP contribution is -1.67. The van der Waals surface area contributed by atoms with Crippen LogP contribution in [0.4, 0.5) is 0 Å². The molecule has 2 nitrogen and oxygen atoms in total. The van der Waals surface area contributed by atoms with Gasteiger partial charge in [0, 0.05) is 5.56 Å². The Morgan fingerprint density at radius 3 is 2.00 bits per heavy atom. The summed E-state index contributed by atoms with van der Waals surface area (Å²) in [6, 6.07) is 0. The van der Waals surface area contributed by atoms with E-state index in [4.69, 9.17) is 0 Å². The Kier molecular flexibility index (Phi) is 13.9. The van der Waals surface area contributed by atoms with Crippen LogP contribution in [0.3, 0.4) is 0 Å². The average Bonchev–Trinajstić information content (AvgIpc) is 2.63. The molecule has 0 atom stereocenters. The van der Waals surface area contributed by atoms with Crippen LogP contribution in [0.5, 0.6) is 0 Å². The Hall–Kier alpha value is -0.790. The highest BCUT2D eigenvalue weighted by molar-refractivity contribution is 4.98. The number of hydrogen-bond donors (Lipinski definition) is 0. The van der Waals surface area contributed by atoms with E-state index < -0.39 is 0 Å². The quantitative estimate of drug-likeness (QED) is 0.625. The van der Waals surface area contributed by atoms with E-state index in [0.29, 0.717) is 0 Å². The Morgan fingerprint density at radius 2 is 1.82 bits per heavy atom. The second-order valence-electron chi connectivity index (χ2n) is 1.39. The zero-order chi connectivity index (χ0) is 9.11. The monoisotopic (exact) mass is 157 g/mol. The van der Waals surface area contributed by atoms with Gasteiger partial charge in [0.15, 0.2) is 0 Å². The molecule has 66 valence electrons. The van der Waals surface area contributed by atoms with Crippen molar-refractivity contribution in [2.75, 3.05) is 0 Å². The van der Waals surface area contributed by atoms with Gasteiger partial charge in [-0.15, -0.1) is 0 Å². The third-order valence-corrected chi connectivity index (χ3v) is 0.892. The maximum atomic E-state index is 4.56. The molecule has 0 aliphatic heterocycles. The van der Waals surface area contributed by atoms with E-state index in [1.54, 1.807) is 12.5 Å². The Labute approximate surface area is 69.6 Å². The summed E-state index contributed by atoms with van der Waals surface area (Å²) >= 11 is 0. The lowest BCUT2D eigenvalue weighted by atomic mass is 10.3. The average molecular weight is 157 g/mol. The SMILES string of the molecule is CC.CC.CCc1cnoc1. The fraction of sp³-hybridized carbons (Fsp3) is 0.667. The van der Waals surface area contributed by atoms with E-state index in [0.717, 1.165) is 12.0 Å². The highest BCUT2D eigenvalue weighted by Gasteiger charge is 1.85. The standard InChI is InChI=1S/C5H7NO.2C2H6/c1-2-5-3-6-7-4-5;2*1-2/h3-4H,2H2,1H3;2*1-2H3. The van der Waals surface area contributed by atoms with Crippen molar-refractivity contribution < 1.29 is 4.52 Å². The van der Waals surface area contributed by atoms with Crippen molar-refractivity contribution in [1.29, 1.82) is 0 Å². The second kappa shape index (κ2) is 11.9. The van der Waals surface area contributed by atoms with Crippen LogP contribution in [-0.4, -0.2) is 5.16 Å². The molecule has 0 aliphatic carbocycles. The first-order valence-electron chi connectivity index (χ1n) is 4.31. The van der Waals surface area contributed by atoms with E-state index in [2.05, 4.69) is 16.6 Å². The molecular formula is C9H19NO. The summed E-state index contributed by atoms with van der Waals surface area (Å²) in [5, 5.41) is 3.52. The van der Waals surface area contributed by atoms with Crippen molar-refractivity contribution in [1.82, 2.24) is 5.16 Å². The molecule has 0 saturated heterocycles. The zero-order valence-corrected chi connectivity index (χ0v) is 8.22. The smallest absolute Gasteiger partial charge is 0.126 e. The van der Waals surface area contributed by atoms with Crippen LogP contribution in [0.15, 0.2) is 17.0 Å². The van der Waals surface area contributed by atoms with Crippen molar-refractivity contribution >= 4 is 0 Å². The number of aromatic nitrogens is 1. The Morgan fingerprint density at radius 1 is 1.27 bits per heavy atom. The van der Waals surface area contributed by atoms with Crippen molar-refractivity contribution in [2.45, 2.75) is 41.0 Å². The molecule has 0 aliphatic rings. The van der Waals surface area contributed by atoms with Gasteiger partial charge in [0.05, 0.1) is 6.20 Å². The predicted molar refractivity (Wildman–Crippen MR) is 48.6 cm³/mol. The summed E-state index contributed by atoms with van der Waals surface area (Å²) < 4.78 is 4.56. The van der Waals surface area contributed by atoms with Crippen molar-refractivity contribution in [2.24, 2.45) is 0 Å². The molecule has 1 rings (SSSR count). The Balaban J connectivity index is 0. The maximum absolute atomic E-state index is 4.56. The molecule has 1 heterocycles. The molecule has 0 fully saturated rings. The van der Waals surface area contributed by atoms with E-state index >= 15 is 0 Å². The molecule has 0 radical (unpaired) electrons. The molecule has 0 spiro atoms. The largest absolute Gasteiger partial charge is 0.364 e. The van der Waals surface area contributed by atoms with Crippen molar-refractivity contribution in [3.8, 4) is 0 Å². The van der Waals surface area contributed by atoms with Gasteiger partial charge in [0.1, 0.15) is 6.26 Å². The number of hydrogen-bond acceptors (Lipinski definition) is 2. The molecule has 1 aromatic heterocycles. The fourth-order valence-corrected chi connectivity index (χ4v) is 0.401. The van der Waals surface area contributed by atoms with E-state index in [-0.39, 0.29) is 0 Å². The van der Waals surface area contributed by atoms with Crippen LogP contribution < -0.4 is 0 Å². The molecule has 0 saturated carbocycles. The minimum absolute atomic E-state index is 1.00. The van der Waals surface area contributed by atoms with Crippen LogP contribution >= 0.6 is 0 Å². The summed E-state index contributed by atoms with van der Waals surface area (Å²) in [5.74, 6) is 0.